The number of likely N-dealkylation sites (N-methyl/N-ethyl adjacent to an activating group) is 1. The van der Waals surface area contributed by atoms with Gasteiger partial charge in [0.15, 0.2) is 5.16 Å². The van der Waals surface area contributed by atoms with Crippen LogP contribution in [0.1, 0.15) is 17.7 Å². The van der Waals surface area contributed by atoms with Crippen LogP contribution in [0.2, 0.25) is 0 Å². The number of aromatic nitrogens is 2. The lowest BCUT2D eigenvalue weighted by Crippen LogP contribution is -2.27. The molecule has 0 saturated heterocycles. The summed E-state index contributed by atoms with van der Waals surface area (Å²) in [5.41, 5.74) is 3.06. The lowest BCUT2D eigenvalue weighted by molar-refractivity contribution is -0.128. The smallest absolute Gasteiger partial charge is 0.240 e. The third kappa shape index (κ3) is 3.17. The van der Waals surface area contributed by atoms with Gasteiger partial charge in [-0.15, -0.1) is 0 Å². The van der Waals surface area contributed by atoms with Crippen molar-refractivity contribution in [2.75, 3.05) is 14.1 Å². The van der Waals surface area contributed by atoms with Crippen molar-refractivity contribution in [2.45, 2.75) is 23.9 Å². The number of carbonyl (C=O) groups excluding carboxylic acids is 1. The van der Waals surface area contributed by atoms with Gasteiger partial charge in [-0.05, 0) is 24.6 Å². The van der Waals surface area contributed by atoms with Crippen LogP contribution in [0.5, 0.6) is 0 Å². The highest BCUT2D eigenvalue weighted by Crippen LogP contribution is 2.37. The number of para-hydroxylation sites is 2. The zero-order valence-corrected chi connectivity index (χ0v) is 15.0. The number of aryl methyl sites for hydroxylation is 1. The first-order valence-electron chi connectivity index (χ1n) is 8.00. The summed E-state index contributed by atoms with van der Waals surface area (Å²) in [6.45, 7) is 2.92. The van der Waals surface area contributed by atoms with Gasteiger partial charge in [0.25, 0.3) is 0 Å². The first kappa shape index (κ1) is 16.6. The van der Waals surface area contributed by atoms with E-state index < -0.39 is 0 Å². The maximum atomic E-state index is 12.7. The fourth-order valence-corrected chi connectivity index (χ4v) is 4.00. The summed E-state index contributed by atoms with van der Waals surface area (Å²) in [5.74, 6) is 0.0703. The number of hydrogen-bond donors (Lipinski definition) is 0. The zero-order chi connectivity index (χ0) is 17.1. The second kappa shape index (κ2) is 7.09. The predicted molar refractivity (Wildman–Crippen MR) is 99.1 cm³/mol. The molecular weight excluding hydrogens is 318 g/mol. The molecule has 1 atom stereocenters. The molecule has 1 heterocycles. The number of fused-ring (bicyclic) bond motifs is 1. The van der Waals surface area contributed by atoms with Gasteiger partial charge in [-0.1, -0.05) is 54.2 Å². The lowest BCUT2D eigenvalue weighted by Gasteiger charge is -2.20. The van der Waals surface area contributed by atoms with Gasteiger partial charge < -0.3 is 9.47 Å². The summed E-state index contributed by atoms with van der Waals surface area (Å²) < 4.78 is 2.17. The molecule has 0 aliphatic heterocycles. The van der Waals surface area contributed by atoms with E-state index in [9.17, 15) is 4.79 Å². The van der Waals surface area contributed by atoms with Gasteiger partial charge in [0.05, 0.1) is 11.0 Å². The van der Waals surface area contributed by atoms with Crippen molar-refractivity contribution in [1.29, 1.82) is 0 Å². The van der Waals surface area contributed by atoms with Crippen LogP contribution in [-0.4, -0.2) is 34.5 Å². The van der Waals surface area contributed by atoms with Crippen LogP contribution in [0, 0.1) is 0 Å². The van der Waals surface area contributed by atoms with Gasteiger partial charge in [-0.2, -0.15) is 0 Å². The molecule has 0 unspecified atom stereocenters. The minimum absolute atomic E-state index is 0.0703. The van der Waals surface area contributed by atoms with Gasteiger partial charge >= 0.3 is 0 Å². The van der Waals surface area contributed by atoms with E-state index in [2.05, 4.69) is 17.6 Å². The van der Waals surface area contributed by atoms with Crippen molar-refractivity contribution in [2.24, 2.45) is 0 Å². The highest BCUT2D eigenvalue weighted by molar-refractivity contribution is 8.00. The molecule has 5 heteroatoms. The standard InChI is InChI=1S/C19H21N3OS/c1-4-22-16-13-9-8-12-15(16)20-19(22)24-17(18(23)21(2)3)14-10-6-5-7-11-14/h5-13,17H,4H2,1-3H3/t17-/m0/s1. The van der Waals surface area contributed by atoms with E-state index in [1.165, 1.54) is 11.8 Å². The van der Waals surface area contributed by atoms with E-state index in [4.69, 9.17) is 4.98 Å². The van der Waals surface area contributed by atoms with E-state index in [1.54, 1.807) is 19.0 Å². The number of amides is 1. The van der Waals surface area contributed by atoms with Crippen molar-refractivity contribution in [3.05, 3.63) is 60.2 Å². The van der Waals surface area contributed by atoms with Gasteiger partial charge in [0.1, 0.15) is 5.25 Å². The average Bonchev–Trinajstić information content (AvgIpc) is 2.96. The molecule has 0 bridgehead atoms. The average molecular weight is 339 g/mol. The first-order chi connectivity index (χ1) is 11.6. The fraction of sp³-hybridized carbons (Fsp3) is 0.263. The Labute approximate surface area is 146 Å². The zero-order valence-electron chi connectivity index (χ0n) is 14.1. The highest BCUT2D eigenvalue weighted by Gasteiger charge is 2.26. The Bertz CT molecular complexity index is 842. The number of rotatable bonds is 5. The van der Waals surface area contributed by atoms with Gasteiger partial charge in [0.2, 0.25) is 5.91 Å². The Hall–Kier alpha value is -2.27. The van der Waals surface area contributed by atoms with Gasteiger partial charge in [0, 0.05) is 20.6 Å². The van der Waals surface area contributed by atoms with Crippen LogP contribution in [0.25, 0.3) is 11.0 Å². The topological polar surface area (TPSA) is 38.1 Å². The summed E-state index contributed by atoms with van der Waals surface area (Å²) in [5, 5.41) is 0.575. The van der Waals surface area contributed by atoms with E-state index in [0.29, 0.717) is 0 Å². The van der Waals surface area contributed by atoms with Crippen LogP contribution >= 0.6 is 11.8 Å². The van der Waals surface area contributed by atoms with Crippen LogP contribution in [0.4, 0.5) is 0 Å². The fourth-order valence-electron chi connectivity index (χ4n) is 2.68. The number of nitrogens with zero attached hydrogens (tertiary/aromatic N) is 3. The van der Waals surface area contributed by atoms with Crippen molar-refractivity contribution in [1.82, 2.24) is 14.5 Å². The second-order valence-electron chi connectivity index (χ2n) is 5.77. The summed E-state index contributed by atoms with van der Waals surface area (Å²) in [7, 11) is 3.59. The summed E-state index contributed by atoms with van der Waals surface area (Å²) >= 11 is 1.52. The molecule has 1 aromatic heterocycles. The maximum Gasteiger partial charge on any atom is 0.240 e. The Balaban J connectivity index is 2.03. The number of imidazole rings is 1. The molecule has 0 aliphatic carbocycles. The number of thioether (sulfide) groups is 1. The molecule has 0 saturated carbocycles. The molecular formula is C19H21N3OS. The molecule has 3 aromatic rings. The lowest BCUT2D eigenvalue weighted by atomic mass is 10.1. The van der Waals surface area contributed by atoms with E-state index >= 15 is 0 Å². The number of benzene rings is 2. The van der Waals surface area contributed by atoms with Crippen molar-refractivity contribution in [3.8, 4) is 0 Å². The molecule has 0 fully saturated rings. The van der Waals surface area contributed by atoms with Gasteiger partial charge in [-0.25, -0.2) is 4.98 Å². The van der Waals surface area contributed by atoms with Crippen LogP contribution in [0.3, 0.4) is 0 Å². The van der Waals surface area contributed by atoms with Crippen molar-refractivity contribution < 1.29 is 4.79 Å². The van der Waals surface area contributed by atoms with E-state index in [-0.39, 0.29) is 11.2 Å². The Kier molecular flexibility index (Phi) is 4.90. The molecule has 3 rings (SSSR count). The van der Waals surface area contributed by atoms with Gasteiger partial charge in [-0.3, -0.25) is 4.79 Å². The van der Waals surface area contributed by atoms with Crippen LogP contribution in [0.15, 0.2) is 59.8 Å². The predicted octanol–water partition coefficient (Wildman–Crippen LogP) is 3.98. The molecule has 1 amide bonds. The molecule has 0 radical (unpaired) electrons. The molecule has 2 aromatic carbocycles. The van der Waals surface area contributed by atoms with Crippen LogP contribution < -0.4 is 0 Å². The summed E-state index contributed by atoms with van der Waals surface area (Å²) in [4.78, 5) is 19.1. The number of hydrogen-bond acceptors (Lipinski definition) is 3. The largest absolute Gasteiger partial charge is 0.348 e. The van der Waals surface area contributed by atoms with E-state index in [0.717, 1.165) is 28.3 Å². The number of carbonyl (C=O) groups is 1. The summed E-state index contributed by atoms with van der Waals surface area (Å²) in [6.07, 6.45) is 0. The third-order valence-corrected chi connectivity index (χ3v) is 5.16. The van der Waals surface area contributed by atoms with Crippen molar-refractivity contribution >= 4 is 28.7 Å². The highest BCUT2D eigenvalue weighted by atomic mass is 32.2. The molecule has 24 heavy (non-hydrogen) atoms. The molecule has 0 spiro atoms. The minimum atomic E-state index is -0.302. The Morgan fingerprint density at radius 2 is 1.79 bits per heavy atom. The molecule has 124 valence electrons. The molecule has 0 aliphatic rings. The van der Waals surface area contributed by atoms with E-state index in [1.807, 2.05) is 48.5 Å². The Morgan fingerprint density at radius 3 is 2.46 bits per heavy atom. The summed E-state index contributed by atoms with van der Waals surface area (Å²) in [6, 6.07) is 18.0. The van der Waals surface area contributed by atoms with Crippen LogP contribution in [-0.2, 0) is 11.3 Å². The maximum absolute atomic E-state index is 12.7. The quantitative estimate of drug-likeness (QED) is 0.660. The Morgan fingerprint density at radius 1 is 1.12 bits per heavy atom. The SMILES string of the molecule is CCn1c(S[C@H](C(=O)N(C)C)c2ccccc2)nc2ccccc21. The first-order valence-corrected chi connectivity index (χ1v) is 8.87. The molecule has 4 nitrogen and oxygen atoms in total. The third-order valence-electron chi connectivity index (χ3n) is 3.93. The monoisotopic (exact) mass is 339 g/mol. The minimum Gasteiger partial charge on any atom is -0.348 e. The second-order valence-corrected chi connectivity index (χ2v) is 6.84. The molecule has 0 N–H and O–H groups in total. The normalized spacial score (nSPS) is 12.3. The van der Waals surface area contributed by atoms with Crippen molar-refractivity contribution in [3.63, 3.8) is 0 Å².